The molecule has 1 saturated heterocycles. The monoisotopic (exact) mass is 448 g/mol. The quantitative estimate of drug-likeness (QED) is 0.559. The van der Waals surface area contributed by atoms with Crippen LogP contribution in [-0.4, -0.2) is 40.6 Å². The fourth-order valence-corrected chi connectivity index (χ4v) is 4.33. The van der Waals surface area contributed by atoms with Crippen molar-refractivity contribution in [3.8, 4) is 5.75 Å². The molecule has 3 heterocycles. The second-order valence-corrected chi connectivity index (χ2v) is 8.50. The van der Waals surface area contributed by atoms with Gasteiger partial charge in [-0.2, -0.15) is 0 Å². The van der Waals surface area contributed by atoms with Crippen LogP contribution in [0.15, 0.2) is 60.8 Å². The topological polar surface area (TPSA) is 41.5 Å². The van der Waals surface area contributed by atoms with Crippen LogP contribution in [0.4, 0.5) is 14.6 Å². The van der Waals surface area contributed by atoms with Crippen LogP contribution in [0.25, 0.3) is 6.08 Å². The third-order valence-electron chi connectivity index (χ3n) is 6.08. The van der Waals surface area contributed by atoms with Crippen molar-refractivity contribution in [3.05, 3.63) is 89.4 Å². The smallest absolute Gasteiger partial charge is 0.167 e. The summed E-state index contributed by atoms with van der Waals surface area (Å²) in [5, 5.41) is 0. The maximum absolute atomic E-state index is 13.9. The van der Waals surface area contributed by atoms with Gasteiger partial charge in [0.1, 0.15) is 17.7 Å². The summed E-state index contributed by atoms with van der Waals surface area (Å²) in [6.07, 6.45) is 7.40. The van der Waals surface area contributed by atoms with Crippen LogP contribution in [0.3, 0.4) is 0 Å². The molecule has 0 atom stereocenters. The molecule has 0 amide bonds. The number of rotatable bonds is 5. The lowest BCUT2D eigenvalue weighted by Crippen LogP contribution is -2.39. The lowest BCUT2D eigenvalue weighted by Gasteiger charge is -2.33. The van der Waals surface area contributed by atoms with Crippen LogP contribution in [0.1, 0.15) is 29.8 Å². The molecule has 2 aliphatic rings. The Morgan fingerprint density at radius 1 is 1.03 bits per heavy atom. The number of piperidine rings is 1. The van der Waals surface area contributed by atoms with Crippen molar-refractivity contribution in [1.82, 2.24) is 14.9 Å². The van der Waals surface area contributed by atoms with Crippen LogP contribution < -0.4 is 9.64 Å². The van der Waals surface area contributed by atoms with Crippen molar-refractivity contribution >= 4 is 11.9 Å². The zero-order valence-corrected chi connectivity index (χ0v) is 18.3. The number of benzene rings is 2. The number of anilines is 1. The lowest BCUT2D eigenvalue weighted by molar-refractivity contribution is 0.163. The van der Waals surface area contributed by atoms with E-state index in [9.17, 15) is 8.78 Å². The summed E-state index contributed by atoms with van der Waals surface area (Å²) in [5.74, 6) is -0.318. The Morgan fingerprint density at radius 3 is 2.64 bits per heavy atom. The highest BCUT2D eigenvalue weighted by Gasteiger charge is 2.24. The van der Waals surface area contributed by atoms with Crippen molar-refractivity contribution in [1.29, 1.82) is 0 Å². The highest BCUT2D eigenvalue weighted by molar-refractivity contribution is 5.52. The van der Waals surface area contributed by atoms with Gasteiger partial charge in [-0.15, -0.1) is 0 Å². The van der Waals surface area contributed by atoms with E-state index in [1.54, 1.807) is 0 Å². The number of halogens is 2. The third-order valence-corrected chi connectivity index (χ3v) is 6.08. The first-order chi connectivity index (χ1) is 16.1. The Morgan fingerprint density at radius 2 is 1.85 bits per heavy atom. The fraction of sp³-hybridized carbons (Fsp3) is 0.308. The molecule has 7 heteroatoms. The molecule has 0 N–H and O–H groups in total. The highest BCUT2D eigenvalue weighted by atomic mass is 19.1. The van der Waals surface area contributed by atoms with Gasteiger partial charge < -0.3 is 9.64 Å². The summed E-state index contributed by atoms with van der Waals surface area (Å²) in [5.41, 5.74) is 3.17. The Balaban J connectivity index is 1.21. The molecule has 0 spiro atoms. The van der Waals surface area contributed by atoms with Crippen molar-refractivity contribution in [2.24, 2.45) is 0 Å². The van der Waals surface area contributed by atoms with Gasteiger partial charge >= 0.3 is 0 Å². The van der Waals surface area contributed by atoms with Gasteiger partial charge in [-0.3, -0.25) is 9.88 Å². The standard InChI is InChI=1S/C26H26F2N4O/c27-20-8-9-25(22(28)15-20)33-21-10-13-32(14-11-21)26-16-29-24-18-31(12-4-7-23(24)30-26)17-19-5-2-1-3-6-19/h1-9,15-16,21H,10-14,17-18H2. The maximum atomic E-state index is 13.9. The van der Waals surface area contributed by atoms with Gasteiger partial charge in [0.15, 0.2) is 11.6 Å². The first-order valence-electron chi connectivity index (χ1n) is 11.3. The van der Waals surface area contributed by atoms with E-state index >= 15 is 0 Å². The van der Waals surface area contributed by atoms with Gasteiger partial charge in [0.2, 0.25) is 0 Å². The molecule has 0 bridgehead atoms. The third kappa shape index (κ3) is 5.20. The number of aromatic nitrogens is 2. The average Bonchev–Trinajstić information content (AvgIpc) is 3.03. The lowest BCUT2D eigenvalue weighted by atomic mass is 10.1. The van der Waals surface area contributed by atoms with Crippen molar-refractivity contribution in [2.75, 3.05) is 24.5 Å². The van der Waals surface area contributed by atoms with E-state index in [0.29, 0.717) is 0 Å². The molecule has 3 aromatic rings. The minimum absolute atomic E-state index is 0.102. The molecular formula is C26H26F2N4O. The molecule has 33 heavy (non-hydrogen) atoms. The minimum Gasteiger partial charge on any atom is -0.487 e. The molecule has 1 fully saturated rings. The SMILES string of the molecule is Fc1ccc(OC2CCN(c3cnc4c(n3)C=CCN(Cc3ccccc3)C4)CC2)c(F)c1. The van der Waals surface area contributed by atoms with Crippen molar-refractivity contribution in [2.45, 2.75) is 32.0 Å². The molecule has 5 rings (SSSR count). The molecule has 2 aliphatic heterocycles. The molecule has 170 valence electrons. The van der Waals surface area contributed by atoms with E-state index in [2.05, 4.69) is 46.2 Å². The zero-order valence-electron chi connectivity index (χ0n) is 18.3. The van der Waals surface area contributed by atoms with E-state index in [0.717, 1.165) is 68.8 Å². The molecular weight excluding hydrogens is 422 g/mol. The first-order valence-corrected chi connectivity index (χ1v) is 11.3. The van der Waals surface area contributed by atoms with Crippen LogP contribution in [0.5, 0.6) is 5.75 Å². The Hall–Kier alpha value is -3.32. The fourth-order valence-electron chi connectivity index (χ4n) is 4.33. The number of nitrogens with zero attached hydrogens (tertiary/aromatic N) is 4. The van der Waals surface area contributed by atoms with Gasteiger partial charge in [0.05, 0.1) is 17.6 Å². The van der Waals surface area contributed by atoms with Crippen LogP contribution in [-0.2, 0) is 13.1 Å². The molecule has 0 saturated carbocycles. The molecule has 1 aromatic heterocycles. The molecule has 5 nitrogen and oxygen atoms in total. The van der Waals surface area contributed by atoms with Gasteiger partial charge in [-0.25, -0.2) is 13.8 Å². The highest BCUT2D eigenvalue weighted by Crippen LogP contribution is 2.25. The zero-order chi connectivity index (χ0) is 22.6. The molecule has 0 aliphatic carbocycles. The molecule has 2 aromatic carbocycles. The molecule has 0 radical (unpaired) electrons. The summed E-state index contributed by atoms with van der Waals surface area (Å²) < 4.78 is 32.8. The van der Waals surface area contributed by atoms with Gasteiger partial charge in [0, 0.05) is 51.6 Å². The van der Waals surface area contributed by atoms with Gasteiger partial charge in [0.25, 0.3) is 0 Å². The van der Waals surface area contributed by atoms with E-state index in [4.69, 9.17) is 14.7 Å². The molecule has 0 unspecified atom stereocenters. The van der Waals surface area contributed by atoms with E-state index < -0.39 is 11.6 Å². The second kappa shape index (κ2) is 9.67. The van der Waals surface area contributed by atoms with Crippen LogP contribution in [0.2, 0.25) is 0 Å². The largest absolute Gasteiger partial charge is 0.487 e. The maximum Gasteiger partial charge on any atom is 0.167 e. The Bertz CT molecular complexity index is 1130. The summed E-state index contributed by atoms with van der Waals surface area (Å²) in [4.78, 5) is 14.2. The summed E-state index contributed by atoms with van der Waals surface area (Å²) in [6, 6.07) is 13.9. The van der Waals surface area contributed by atoms with Crippen molar-refractivity contribution < 1.29 is 13.5 Å². The average molecular weight is 449 g/mol. The number of fused-ring (bicyclic) bond motifs is 1. The van der Waals surface area contributed by atoms with Gasteiger partial charge in [-0.05, 0) is 23.8 Å². The number of hydrogen-bond donors (Lipinski definition) is 0. The normalized spacial score (nSPS) is 17.0. The van der Waals surface area contributed by atoms with Crippen LogP contribution in [0, 0.1) is 11.6 Å². The predicted molar refractivity (Wildman–Crippen MR) is 124 cm³/mol. The Labute approximate surface area is 192 Å². The summed E-state index contributed by atoms with van der Waals surface area (Å²) >= 11 is 0. The second-order valence-electron chi connectivity index (χ2n) is 8.50. The minimum atomic E-state index is -0.665. The summed E-state index contributed by atoms with van der Waals surface area (Å²) in [7, 11) is 0. The number of ether oxygens (including phenoxy) is 1. The first kappa shape index (κ1) is 21.5. The van der Waals surface area contributed by atoms with Crippen molar-refractivity contribution in [3.63, 3.8) is 0 Å². The van der Waals surface area contributed by atoms with E-state index in [1.165, 1.54) is 17.7 Å². The Kier molecular flexibility index (Phi) is 6.30. The van der Waals surface area contributed by atoms with Crippen LogP contribution >= 0.6 is 0 Å². The van der Waals surface area contributed by atoms with Gasteiger partial charge in [-0.1, -0.05) is 36.4 Å². The van der Waals surface area contributed by atoms with E-state index in [-0.39, 0.29) is 11.9 Å². The summed E-state index contributed by atoms with van der Waals surface area (Å²) in [6.45, 7) is 3.96. The van der Waals surface area contributed by atoms with E-state index in [1.807, 2.05) is 12.3 Å². The number of hydrogen-bond acceptors (Lipinski definition) is 5. The predicted octanol–water partition coefficient (Wildman–Crippen LogP) is 4.83.